The lowest BCUT2D eigenvalue weighted by Gasteiger charge is -2.39. The van der Waals surface area contributed by atoms with Gasteiger partial charge in [0.05, 0.1) is 11.2 Å². The molecule has 0 bridgehead atoms. The highest BCUT2D eigenvalue weighted by molar-refractivity contribution is 5.96. The summed E-state index contributed by atoms with van der Waals surface area (Å²) in [6, 6.07) is 12.0. The third-order valence-corrected chi connectivity index (χ3v) is 4.96. The Morgan fingerprint density at radius 2 is 2.00 bits per heavy atom. The third-order valence-electron chi connectivity index (χ3n) is 4.96. The molecule has 0 unspecified atom stereocenters. The van der Waals surface area contributed by atoms with Crippen LogP contribution in [0.5, 0.6) is 0 Å². The molecule has 3 aromatic rings. The molecule has 1 aliphatic heterocycles. The number of nitrogens with zero attached hydrogens (tertiary/aromatic N) is 3. The zero-order valence-corrected chi connectivity index (χ0v) is 14.1. The number of carbonyl (C=O) groups excluding carboxylic acids is 1. The average Bonchev–Trinajstić information content (AvgIpc) is 2.93. The topological polar surface area (TPSA) is 38.1 Å². The summed E-state index contributed by atoms with van der Waals surface area (Å²) >= 11 is 0. The molecule has 3 heterocycles. The van der Waals surface area contributed by atoms with Crippen LogP contribution in [0.2, 0.25) is 0 Å². The van der Waals surface area contributed by atoms with Gasteiger partial charge in [-0.25, -0.2) is 0 Å². The Bertz CT molecular complexity index is 906. The maximum atomic E-state index is 12.6. The number of amides is 1. The SMILES string of the molecule is Cc1ccccc1C(=O)N1CC(Cc2nccc3ccn(C)c23)C1. The van der Waals surface area contributed by atoms with Crippen molar-refractivity contribution < 1.29 is 4.79 Å². The van der Waals surface area contributed by atoms with Gasteiger partial charge in [0, 0.05) is 43.5 Å². The molecule has 0 radical (unpaired) electrons. The van der Waals surface area contributed by atoms with Crippen LogP contribution in [0.4, 0.5) is 0 Å². The van der Waals surface area contributed by atoms with Crippen LogP contribution >= 0.6 is 0 Å². The molecular weight excluding hydrogens is 298 g/mol. The Balaban J connectivity index is 1.45. The maximum absolute atomic E-state index is 12.6. The number of carbonyl (C=O) groups is 1. The van der Waals surface area contributed by atoms with Crippen LogP contribution in [0.1, 0.15) is 21.6 Å². The summed E-state index contributed by atoms with van der Waals surface area (Å²) in [5.41, 5.74) is 4.20. The zero-order valence-electron chi connectivity index (χ0n) is 14.1. The van der Waals surface area contributed by atoms with E-state index in [0.29, 0.717) is 5.92 Å². The lowest BCUT2D eigenvalue weighted by atomic mass is 9.92. The molecule has 4 nitrogen and oxygen atoms in total. The van der Waals surface area contributed by atoms with Crippen LogP contribution < -0.4 is 0 Å². The van der Waals surface area contributed by atoms with E-state index in [4.69, 9.17) is 0 Å². The molecule has 1 aromatic carbocycles. The first-order valence-electron chi connectivity index (χ1n) is 8.37. The van der Waals surface area contributed by atoms with Gasteiger partial charge >= 0.3 is 0 Å². The quantitative estimate of drug-likeness (QED) is 0.743. The second kappa shape index (κ2) is 5.78. The van der Waals surface area contributed by atoms with E-state index in [1.54, 1.807) is 0 Å². The summed E-state index contributed by atoms with van der Waals surface area (Å²) < 4.78 is 2.13. The Labute approximate surface area is 141 Å². The first-order chi connectivity index (χ1) is 11.6. The maximum Gasteiger partial charge on any atom is 0.254 e. The minimum absolute atomic E-state index is 0.148. The van der Waals surface area contributed by atoms with Crippen molar-refractivity contribution in [3.05, 3.63) is 65.6 Å². The third kappa shape index (κ3) is 2.48. The van der Waals surface area contributed by atoms with Gasteiger partial charge in [-0.05, 0) is 43.0 Å². The summed E-state index contributed by atoms with van der Waals surface area (Å²) in [7, 11) is 2.06. The van der Waals surface area contributed by atoms with Gasteiger partial charge in [-0.15, -0.1) is 0 Å². The van der Waals surface area contributed by atoms with Crippen LogP contribution in [0.15, 0.2) is 48.8 Å². The van der Waals surface area contributed by atoms with Crippen molar-refractivity contribution in [2.45, 2.75) is 13.3 Å². The number of likely N-dealkylation sites (tertiary alicyclic amines) is 1. The molecule has 0 N–H and O–H groups in total. The van der Waals surface area contributed by atoms with Crippen LogP contribution in [0, 0.1) is 12.8 Å². The minimum atomic E-state index is 0.148. The van der Waals surface area contributed by atoms with Crippen molar-refractivity contribution in [2.24, 2.45) is 13.0 Å². The molecule has 122 valence electrons. The minimum Gasteiger partial charge on any atom is -0.349 e. The molecule has 1 saturated heterocycles. The molecule has 2 aromatic heterocycles. The molecule has 0 saturated carbocycles. The number of benzene rings is 1. The van der Waals surface area contributed by atoms with Crippen LogP contribution in [-0.4, -0.2) is 33.4 Å². The second-order valence-electron chi connectivity index (χ2n) is 6.72. The summed E-state index contributed by atoms with van der Waals surface area (Å²) in [5, 5.41) is 1.23. The average molecular weight is 319 g/mol. The number of aromatic nitrogens is 2. The van der Waals surface area contributed by atoms with Crippen LogP contribution in [-0.2, 0) is 13.5 Å². The predicted molar refractivity (Wildman–Crippen MR) is 95.0 cm³/mol. The van der Waals surface area contributed by atoms with E-state index in [1.165, 1.54) is 10.9 Å². The number of fused-ring (bicyclic) bond motifs is 1. The molecule has 1 fully saturated rings. The first-order valence-corrected chi connectivity index (χ1v) is 8.37. The second-order valence-corrected chi connectivity index (χ2v) is 6.72. The van der Waals surface area contributed by atoms with Crippen LogP contribution in [0.25, 0.3) is 10.9 Å². The van der Waals surface area contributed by atoms with Crippen molar-refractivity contribution in [1.82, 2.24) is 14.5 Å². The number of aryl methyl sites for hydroxylation is 2. The van der Waals surface area contributed by atoms with E-state index in [-0.39, 0.29) is 5.91 Å². The first kappa shape index (κ1) is 14.9. The summed E-state index contributed by atoms with van der Waals surface area (Å²) in [5.74, 6) is 0.639. The highest BCUT2D eigenvalue weighted by Gasteiger charge is 2.32. The number of pyridine rings is 1. The zero-order chi connectivity index (χ0) is 16.7. The largest absolute Gasteiger partial charge is 0.349 e. The van der Waals surface area contributed by atoms with Gasteiger partial charge in [0.15, 0.2) is 0 Å². The molecule has 1 aliphatic rings. The molecule has 4 rings (SSSR count). The standard InChI is InChI=1S/C20H21N3O/c1-14-5-3-4-6-17(14)20(24)23-12-15(13-23)11-18-19-16(7-9-21-18)8-10-22(19)2/h3-10,15H,11-13H2,1-2H3. The van der Waals surface area contributed by atoms with E-state index in [1.807, 2.05) is 48.4 Å². The molecule has 0 spiro atoms. The highest BCUT2D eigenvalue weighted by atomic mass is 16.2. The van der Waals surface area contributed by atoms with E-state index in [2.05, 4.69) is 28.9 Å². The Morgan fingerprint density at radius 3 is 2.79 bits per heavy atom. The van der Waals surface area contributed by atoms with E-state index >= 15 is 0 Å². The van der Waals surface area contributed by atoms with E-state index < -0.39 is 0 Å². The summed E-state index contributed by atoms with van der Waals surface area (Å²) in [4.78, 5) is 19.1. The summed E-state index contributed by atoms with van der Waals surface area (Å²) in [6.45, 7) is 3.62. The predicted octanol–water partition coefficient (Wildman–Crippen LogP) is 3.20. The molecule has 1 amide bonds. The molecule has 0 atom stereocenters. The highest BCUT2D eigenvalue weighted by Crippen LogP contribution is 2.26. The van der Waals surface area contributed by atoms with Crippen molar-refractivity contribution in [2.75, 3.05) is 13.1 Å². The van der Waals surface area contributed by atoms with E-state index in [9.17, 15) is 4.79 Å². The Kier molecular flexibility index (Phi) is 3.60. The smallest absolute Gasteiger partial charge is 0.254 e. The van der Waals surface area contributed by atoms with Gasteiger partial charge in [-0.3, -0.25) is 9.78 Å². The van der Waals surface area contributed by atoms with Crippen LogP contribution in [0.3, 0.4) is 0 Å². The van der Waals surface area contributed by atoms with Crippen molar-refractivity contribution >= 4 is 16.8 Å². The van der Waals surface area contributed by atoms with Gasteiger partial charge < -0.3 is 9.47 Å². The normalized spacial score (nSPS) is 14.8. The molecule has 0 aliphatic carbocycles. The molecular formula is C20H21N3O. The number of rotatable bonds is 3. The Hall–Kier alpha value is -2.62. The van der Waals surface area contributed by atoms with Crippen molar-refractivity contribution in [3.8, 4) is 0 Å². The number of hydrogen-bond donors (Lipinski definition) is 0. The van der Waals surface area contributed by atoms with Crippen molar-refractivity contribution in [1.29, 1.82) is 0 Å². The van der Waals surface area contributed by atoms with Gasteiger partial charge in [0.25, 0.3) is 5.91 Å². The fourth-order valence-corrected chi connectivity index (χ4v) is 3.59. The van der Waals surface area contributed by atoms with E-state index in [0.717, 1.165) is 36.3 Å². The van der Waals surface area contributed by atoms with Gasteiger partial charge in [0.1, 0.15) is 0 Å². The lowest BCUT2D eigenvalue weighted by molar-refractivity contribution is 0.0499. The van der Waals surface area contributed by atoms with Gasteiger partial charge in [-0.2, -0.15) is 0 Å². The fraction of sp³-hybridized carbons (Fsp3) is 0.300. The fourth-order valence-electron chi connectivity index (χ4n) is 3.59. The number of hydrogen-bond acceptors (Lipinski definition) is 2. The molecule has 4 heteroatoms. The van der Waals surface area contributed by atoms with Gasteiger partial charge in [0.2, 0.25) is 0 Å². The monoisotopic (exact) mass is 319 g/mol. The lowest BCUT2D eigenvalue weighted by Crippen LogP contribution is -2.51. The summed E-state index contributed by atoms with van der Waals surface area (Å²) in [6.07, 6.45) is 4.88. The Morgan fingerprint density at radius 1 is 1.21 bits per heavy atom. The van der Waals surface area contributed by atoms with Gasteiger partial charge in [-0.1, -0.05) is 18.2 Å². The van der Waals surface area contributed by atoms with Crippen molar-refractivity contribution in [3.63, 3.8) is 0 Å². The molecule has 24 heavy (non-hydrogen) atoms.